The SMILES string of the molecule is COc1ccc(CCC(=O)Nc2ccccc2C(=O)NC(C)C)cc1. The van der Waals surface area contributed by atoms with Crippen LogP contribution in [-0.2, 0) is 11.2 Å². The van der Waals surface area contributed by atoms with E-state index in [1.807, 2.05) is 38.1 Å². The number of anilines is 1. The summed E-state index contributed by atoms with van der Waals surface area (Å²) in [6.07, 6.45) is 0.961. The quantitative estimate of drug-likeness (QED) is 0.812. The Morgan fingerprint density at radius 2 is 1.72 bits per heavy atom. The highest BCUT2D eigenvalue weighted by Crippen LogP contribution is 2.17. The van der Waals surface area contributed by atoms with Gasteiger partial charge >= 0.3 is 0 Å². The van der Waals surface area contributed by atoms with Crippen LogP contribution in [0.25, 0.3) is 0 Å². The Morgan fingerprint density at radius 1 is 1.04 bits per heavy atom. The molecule has 0 radical (unpaired) electrons. The molecule has 5 nitrogen and oxygen atoms in total. The van der Waals surface area contributed by atoms with Gasteiger partial charge in [-0.05, 0) is 50.1 Å². The molecule has 2 aromatic rings. The number of methoxy groups -OCH3 is 1. The van der Waals surface area contributed by atoms with Gasteiger partial charge in [0.05, 0.1) is 18.4 Å². The van der Waals surface area contributed by atoms with E-state index in [1.54, 1.807) is 31.4 Å². The molecule has 2 amide bonds. The zero-order valence-electron chi connectivity index (χ0n) is 14.8. The van der Waals surface area contributed by atoms with Crippen LogP contribution < -0.4 is 15.4 Å². The van der Waals surface area contributed by atoms with Crippen LogP contribution in [-0.4, -0.2) is 25.0 Å². The molecule has 0 aromatic heterocycles. The van der Waals surface area contributed by atoms with Gasteiger partial charge in [-0.15, -0.1) is 0 Å². The summed E-state index contributed by atoms with van der Waals surface area (Å²) >= 11 is 0. The molecule has 0 unspecified atom stereocenters. The predicted molar refractivity (Wildman–Crippen MR) is 99.0 cm³/mol. The average molecular weight is 340 g/mol. The van der Waals surface area contributed by atoms with Crippen LogP contribution in [0.1, 0.15) is 36.2 Å². The van der Waals surface area contributed by atoms with Crippen molar-refractivity contribution in [2.75, 3.05) is 12.4 Å². The molecule has 2 rings (SSSR count). The largest absolute Gasteiger partial charge is 0.497 e. The monoisotopic (exact) mass is 340 g/mol. The van der Waals surface area contributed by atoms with E-state index in [0.717, 1.165) is 11.3 Å². The smallest absolute Gasteiger partial charge is 0.253 e. The van der Waals surface area contributed by atoms with Gasteiger partial charge in [-0.1, -0.05) is 24.3 Å². The van der Waals surface area contributed by atoms with Crippen LogP contribution in [0.5, 0.6) is 5.75 Å². The maximum atomic E-state index is 12.2. The van der Waals surface area contributed by atoms with E-state index in [0.29, 0.717) is 24.1 Å². The molecule has 132 valence electrons. The van der Waals surface area contributed by atoms with Gasteiger partial charge in [0.2, 0.25) is 5.91 Å². The van der Waals surface area contributed by atoms with Crippen LogP contribution in [0.2, 0.25) is 0 Å². The van der Waals surface area contributed by atoms with Crippen molar-refractivity contribution in [1.82, 2.24) is 5.32 Å². The number of para-hydroxylation sites is 1. The van der Waals surface area contributed by atoms with Gasteiger partial charge in [-0.25, -0.2) is 0 Å². The van der Waals surface area contributed by atoms with E-state index in [1.165, 1.54) is 0 Å². The highest BCUT2D eigenvalue weighted by atomic mass is 16.5. The molecule has 0 atom stereocenters. The first kappa shape index (κ1) is 18.5. The number of aryl methyl sites for hydroxylation is 1. The third-order valence-corrected chi connectivity index (χ3v) is 3.67. The molecule has 0 heterocycles. The maximum absolute atomic E-state index is 12.2. The molecular weight excluding hydrogens is 316 g/mol. The van der Waals surface area contributed by atoms with Crippen molar-refractivity contribution < 1.29 is 14.3 Å². The zero-order chi connectivity index (χ0) is 18.2. The van der Waals surface area contributed by atoms with Gasteiger partial charge in [0.1, 0.15) is 5.75 Å². The fourth-order valence-corrected chi connectivity index (χ4v) is 2.39. The minimum atomic E-state index is -0.193. The summed E-state index contributed by atoms with van der Waals surface area (Å²) in [4.78, 5) is 24.5. The summed E-state index contributed by atoms with van der Waals surface area (Å²) in [6.45, 7) is 3.79. The number of benzene rings is 2. The van der Waals surface area contributed by atoms with Gasteiger partial charge in [-0.2, -0.15) is 0 Å². The lowest BCUT2D eigenvalue weighted by molar-refractivity contribution is -0.116. The number of hydrogen-bond acceptors (Lipinski definition) is 3. The van der Waals surface area contributed by atoms with Crippen LogP contribution in [0.15, 0.2) is 48.5 Å². The van der Waals surface area contributed by atoms with Crippen molar-refractivity contribution in [3.63, 3.8) is 0 Å². The number of nitrogens with one attached hydrogen (secondary N) is 2. The second kappa shape index (κ2) is 8.87. The van der Waals surface area contributed by atoms with Gasteiger partial charge in [0.15, 0.2) is 0 Å². The van der Waals surface area contributed by atoms with E-state index >= 15 is 0 Å². The Labute approximate surface area is 148 Å². The summed E-state index contributed by atoms with van der Waals surface area (Å²) in [5.41, 5.74) is 2.05. The molecule has 25 heavy (non-hydrogen) atoms. The molecule has 2 aromatic carbocycles. The van der Waals surface area contributed by atoms with Crippen LogP contribution in [0.3, 0.4) is 0 Å². The Bertz CT molecular complexity index is 724. The minimum absolute atomic E-state index is 0.0336. The highest BCUT2D eigenvalue weighted by molar-refractivity contribution is 6.03. The summed E-state index contributed by atoms with van der Waals surface area (Å²) in [6, 6.07) is 14.7. The Balaban J connectivity index is 1.97. The number of amides is 2. The Hall–Kier alpha value is -2.82. The summed E-state index contributed by atoms with van der Waals surface area (Å²) < 4.78 is 5.12. The lowest BCUT2D eigenvalue weighted by atomic mass is 10.1. The van der Waals surface area contributed by atoms with Crippen molar-refractivity contribution in [2.45, 2.75) is 32.7 Å². The molecule has 0 saturated carbocycles. The number of hydrogen-bond donors (Lipinski definition) is 2. The Morgan fingerprint density at radius 3 is 2.36 bits per heavy atom. The molecular formula is C20H24N2O3. The second-order valence-electron chi connectivity index (χ2n) is 6.07. The van der Waals surface area contributed by atoms with Crippen LogP contribution in [0, 0.1) is 0 Å². The molecule has 2 N–H and O–H groups in total. The molecule has 0 aliphatic carbocycles. The standard InChI is InChI=1S/C20H24N2O3/c1-14(2)21-20(24)17-6-4-5-7-18(17)22-19(23)13-10-15-8-11-16(25-3)12-9-15/h4-9,11-12,14H,10,13H2,1-3H3,(H,21,24)(H,22,23). The third-order valence-electron chi connectivity index (χ3n) is 3.67. The van der Waals surface area contributed by atoms with Crippen molar-refractivity contribution >= 4 is 17.5 Å². The maximum Gasteiger partial charge on any atom is 0.253 e. The normalized spacial score (nSPS) is 10.4. The molecule has 0 bridgehead atoms. The van der Waals surface area contributed by atoms with Crippen molar-refractivity contribution in [2.24, 2.45) is 0 Å². The lowest BCUT2D eigenvalue weighted by Crippen LogP contribution is -2.31. The van der Waals surface area contributed by atoms with E-state index in [9.17, 15) is 9.59 Å². The minimum Gasteiger partial charge on any atom is -0.497 e. The van der Waals surface area contributed by atoms with E-state index in [4.69, 9.17) is 4.74 Å². The lowest BCUT2D eigenvalue weighted by Gasteiger charge is -2.13. The first-order valence-electron chi connectivity index (χ1n) is 8.32. The number of ether oxygens (including phenoxy) is 1. The molecule has 0 aliphatic rings. The molecule has 0 fully saturated rings. The highest BCUT2D eigenvalue weighted by Gasteiger charge is 2.13. The molecule has 0 spiro atoms. The summed E-state index contributed by atoms with van der Waals surface area (Å²) in [7, 11) is 1.62. The number of rotatable bonds is 7. The number of carbonyl (C=O) groups excluding carboxylic acids is 2. The molecule has 0 saturated heterocycles. The molecule has 5 heteroatoms. The van der Waals surface area contributed by atoms with Crippen molar-refractivity contribution in [3.05, 3.63) is 59.7 Å². The van der Waals surface area contributed by atoms with Gasteiger partial charge < -0.3 is 15.4 Å². The zero-order valence-corrected chi connectivity index (χ0v) is 14.8. The predicted octanol–water partition coefficient (Wildman–Crippen LogP) is 3.40. The third kappa shape index (κ3) is 5.64. The van der Waals surface area contributed by atoms with Crippen LogP contribution in [0.4, 0.5) is 5.69 Å². The van der Waals surface area contributed by atoms with Crippen molar-refractivity contribution in [3.8, 4) is 5.75 Å². The molecule has 0 aliphatic heterocycles. The summed E-state index contributed by atoms with van der Waals surface area (Å²) in [5, 5.41) is 5.67. The first-order valence-corrected chi connectivity index (χ1v) is 8.32. The van der Waals surface area contributed by atoms with E-state index in [-0.39, 0.29) is 17.9 Å². The summed E-state index contributed by atoms with van der Waals surface area (Å²) in [5.74, 6) is 0.472. The second-order valence-corrected chi connectivity index (χ2v) is 6.07. The number of carbonyl (C=O) groups is 2. The average Bonchev–Trinajstić information content (AvgIpc) is 2.60. The van der Waals surface area contributed by atoms with Crippen LogP contribution >= 0.6 is 0 Å². The van der Waals surface area contributed by atoms with Gasteiger partial charge in [0.25, 0.3) is 5.91 Å². The van der Waals surface area contributed by atoms with Gasteiger partial charge in [0, 0.05) is 12.5 Å². The van der Waals surface area contributed by atoms with E-state index in [2.05, 4.69) is 10.6 Å². The fourth-order valence-electron chi connectivity index (χ4n) is 2.39. The van der Waals surface area contributed by atoms with Gasteiger partial charge in [-0.3, -0.25) is 9.59 Å². The van der Waals surface area contributed by atoms with Crippen molar-refractivity contribution in [1.29, 1.82) is 0 Å². The first-order chi connectivity index (χ1) is 12.0. The van der Waals surface area contributed by atoms with E-state index < -0.39 is 0 Å². The Kier molecular flexibility index (Phi) is 6.57. The topological polar surface area (TPSA) is 67.4 Å². The fraction of sp³-hybridized carbons (Fsp3) is 0.300.